The Bertz CT molecular complexity index is 1320. The molecule has 1 saturated heterocycles. The number of pyridine rings is 1. The van der Waals surface area contributed by atoms with Crippen LogP contribution in [0, 0.1) is 0 Å². The highest BCUT2D eigenvalue weighted by Gasteiger charge is 2.19. The minimum Gasteiger partial charge on any atom is -0.454 e. The number of carbonyl (C=O) groups excluding carboxylic acids is 1. The van der Waals surface area contributed by atoms with Gasteiger partial charge in [0.1, 0.15) is 11.3 Å². The van der Waals surface area contributed by atoms with Crippen molar-refractivity contribution < 1.29 is 9.21 Å². The number of furan rings is 1. The summed E-state index contributed by atoms with van der Waals surface area (Å²) in [6.07, 6.45) is 7.23. The predicted octanol–water partition coefficient (Wildman–Crippen LogP) is 2.89. The molecule has 0 bridgehead atoms. The van der Waals surface area contributed by atoms with Gasteiger partial charge in [-0.05, 0) is 62.7 Å². The lowest BCUT2D eigenvalue weighted by Crippen LogP contribution is -2.42. The first-order valence-electron chi connectivity index (χ1n) is 11.2. The molecule has 0 spiro atoms. The minimum atomic E-state index is -0.238. The maximum atomic E-state index is 13.0. The zero-order valence-corrected chi connectivity index (χ0v) is 18.2. The number of aromatic nitrogens is 3. The Hall–Kier alpha value is -3.39. The second-order valence-corrected chi connectivity index (χ2v) is 8.40. The Balaban J connectivity index is 1.31. The number of amides is 1. The van der Waals surface area contributed by atoms with Crippen LogP contribution in [0.1, 0.15) is 42.5 Å². The predicted molar refractivity (Wildman–Crippen MR) is 122 cm³/mol. The van der Waals surface area contributed by atoms with Crippen molar-refractivity contribution in [3.05, 3.63) is 70.7 Å². The van der Waals surface area contributed by atoms with Crippen LogP contribution in [0.4, 0.5) is 0 Å². The highest BCUT2D eigenvalue weighted by Crippen LogP contribution is 2.17. The molecule has 8 nitrogen and oxygen atoms in total. The molecule has 32 heavy (non-hydrogen) atoms. The van der Waals surface area contributed by atoms with E-state index in [4.69, 9.17) is 4.42 Å². The summed E-state index contributed by atoms with van der Waals surface area (Å²) in [5.41, 5.74) is 1.82. The standard InChI is InChI=1S/C24H27N5O3/c1-17-6-2-3-13-27(17)15-12-26-23(30)21-10-9-18(32-21)16-29-22-19(7-4-11-25-22)28-14-5-8-20(28)24(29)31/h4-5,7-11,14,17H,2-3,6,12-13,15-16H2,1H3,(H,26,30)/t17-/m1/s1. The van der Waals surface area contributed by atoms with E-state index in [0.29, 0.717) is 29.5 Å². The molecular weight excluding hydrogens is 406 g/mol. The summed E-state index contributed by atoms with van der Waals surface area (Å²) < 4.78 is 9.22. The molecule has 4 aromatic rings. The lowest BCUT2D eigenvalue weighted by Gasteiger charge is -2.33. The molecule has 1 amide bonds. The molecule has 0 saturated carbocycles. The Morgan fingerprint density at radius 1 is 1.19 bits per heavy atom. The van der Waals surface area contributed by atoms with Gasteiger partial charge < -0.3 is 14.1 Å². The molecule has 5 heterocycles. The molecule has 1 aliphatic heterocycles. The van der Waals surface area contributed by atoms with E-state index < -0.39 is 0 Å². The SMILES string of the molecule is C[C@@H]1CCCCN1CCNC(=O)c1ccc(Cn2c(=O)c3cccn3c3cccnc32)o1. The van der Waals surface area contributed by atoms with Crippen molar-refractivity contribution in [3.8, 4) is 0 Å². The van der Waals surface area contributed by atoms with Gasteiger partial charge >= 0.3 is 0 Å². The molecule has 0 aromatic carbocycles. The molecule has 5 rings (SSSR count). The monoisotopic (exact) mass is 433 g/mol. The number of rotatable bonds is 6. The number of nitrogens with one attached hydrogen (secondary N) is 1. The van der Waals surface area contributed by atoms with Crippen LogP contribution >= 0.6 is 0 Å². The number of hydrogen-bond donors (Lipinski definition) is 1. The second-order valence-electron chi connectivity index (χ2n) is 8.40. The van der Waals surface area contributed by atoms with Gasteiger partial charge in [-0.25, -0.2) is 4.98 Å². The highest BCUT2D eigenvalue weighted by molar-refractivity contribution is 5.91. The van der Waals surface area contributed by atoms with E-state index in [1.54, 1.807) is 29.0 Å². The number of hydrogen-bond acceptors (Lipinski definition) is 5. The average Bonchev–Trinajstić information content (AvgIpc) is 3.48. The average molecular weight is 434 g/mol. The van der Waals surface area contributed by atoms with Crippen molar-refractivity contribution in [3.63, 3.8) is 0 Å². The second kappa shape index (κ2) is 8.63. The molecule has 1 N–H and O–H groups in total. The lowest BCUT2D eigenvalue weighted by atomic mass is 10.0. The van der Waals surface area contributed by atoms with Crippen LogP contribution in [0.15, 0.2) is 58.0 Å². The minimum absolute atomic E-state index is 0.153. The molecule has 1 atom stereocenters. The van der Waals surface area contributed by atoms with Gasteiger partial charge in [0, 0.05) is 31.5 Å². The van der Waals surface area contributed by atoms with Gasteiger partial charge in [-0.3, -0.25) is 19.1 Å². The van der Waals surface area contributed by atoms with Gasteiger partial charge in [-0.15, -0.1) is 0 Å². The number of piperidine rings is 1. The summed E-state index contributed by atoms with van der Waals surface area (Å²) in [5.74, 6) is 0.545. The first-order chi connectivity index (χ1) is 15.6. The van der Waals surface area contributed by atoms with Gasteiger partial charge in [-0.1, -0.05) is 6.42 Å². The van der Waals surface area contributed by atoms with Gasteiger partial charge in [0.15, 0.2) is 11.4 Å². The highest BCUT2D eigenvalue weighted by atomic mass is 16.4. The van der Waals surface area contributed by atoms with Crippen LogP contribution in [0.3, 0.4) is 0 Å². The Morgan fingerprint density at radius 3 is 2.94 bits per heavy atom. The molecule has 0 aliphatic carbocycles. The molecule has 0 radical (unpaired) electrons. The van der Waals surface area contributed by atoms with Crippen LogP contribution in [-0.2, 0) is 6.54 Å². The summed E-state index contributed by atoms with van der Waals surface area (Å²) in [6, 6.07) is 11.4. The van der Waals surface area contributed by atoms with E-state index in [0.717, 1.165) is 18.6 Å². The molecule has 0 unspecified atom stereocenters. The van der Waals surface area contributed by atoms with Gasteiger partial charge in [0.25, 0.3) is 11.5 Å². The molecule has 8 heteroatoms. The summed E-state index contributed by atoms with van der Waals surface area (Å²) in [7, 11) is 0. The summed E-state index contributed by atoms with van der Waals surface area (Å²) in [6.45, 7) is 4.95. The summed E-state index contributed by atoms with van der Waals surface area (Å²) in [5, 5.41) is 2.95. The Labute approximate surface area is 185 Å². The Morgan fingerprint density at radius 2 is 2.06 bits per heavy atom. The first-order valence-corrected chi connectivity index (χ1v) is 11.2. The van der Waals surface area contributed by atoms with E-state index in [2.05, 4.69) is 22.1 Å². The van der Waals surface area contributed by atoms with Crippen LogP contribution in [0.2, 0.25) is 0 Å². The van der Waals surface area contributed by atoms with Gasteiger partial charge in [0.05, 0.1) is 12.1 Å². The van der Waals surface area contributed by atoms with Gasteiger partial charge in [0.2, 0.25) is 0 Å². The number of fused-ring (bicyclic) bond motifs is 3. The van der Waals surface area contributed by atoms with Crippen LogP contribution in [-0.4, -0.2) is 50.4 Å². The third kappa shape index (κ3) is 3.82. The van der Waals surface area contributed by atoms with E-state index in [-0.39, 0.29) is 23.8 Å². The molecular formula is C24H27N5O3. The number of carbonyl (C=O) groups is 1. The fourth-order valence-corrected chi connectivity index (χ4v) is 4.56. The van der Waals surface area contributed by atoms with Crippen LogP contribution in [0.25, 0.3) is 16.7 Å². The first kappa shape index (κ1) is 20.5. The third-order valence-electron chi connectivity index (χ3n) is 6.32. The van der Waals surface area contributed by atoms with E-state index in [1.807, 2.05) is 28.8 Å². The summed E-state index contributed by atoms with van der Waals surface area (Å²) >= 11 is 0. The van der Waals surface area contributed by atoms with Crippen molar-refractivity contribution in [1.82, 2.24) is 24.2 Å². The number of likely N-dealkylation sites (tertiary alicyclic amines) is 1. The zero-order chi connectivity index (χ0) is 22.1. The van der Waals surface area contributed by atoms with E-state index >= 15 is 0 Å². The Kier molecular flexibility index (Phi) is 5.53. The zero-order valence-electron chi connectivity index (χ0n) is 18.2. The maximum Gasteiger partial charge on any atom is 0.287 e. The maximum absolute atomic E-state index is 13.0. The summed E-state index contributed by atoms with van der Waals surface area (Å²) in [4.78, 5) is 32.4. The van der Waals surface area contributed by atoms with Crippen LogP contribution < -0.4 is 10.9 Å². The quantitative estimate of drug-likeness (QED) is 0.505. The molecule has 166 valence electrons. The largest absolute Gasteiger partial charge is 0.454 e. The van der Waals surface area contributed by atoms with E-state index in [1.165, 1.54) is 19.3 Å². The van der Waals surface area contributed by atoms with Crippen LogP contribution in [0.5, 0.6) is 0 Å². The topological polar surface area (TPSA) is 84.8 Å². The fourth-order valence-electron chi connectivity index (χ4n) is 4.56. The molecule has 4 aromatic heterocycles. The van der Waals surface area contributed by atoms with Crippen molar-refractivity contribution in [1.29, 1.82) is 0 Å². The lowest BCUT2D eigenvalue weighted by molar-refractivity contribution is 0.0909. The normalized spacial score (nSPS) is 17.2. The van der Waals surface area contributed by atoms with Crippen molar-refractivity contribution in [2.24, 2.45) is 0 Å². The third-order valence-corrected chi connectivity index (χ3v) is 6.32. The number of nitrogens with zero attached hydrogens (tertiary/aromatic N) is 4. The van der Waals surface area contributed by atoms with E-state index in [9.17, 15) is 9.59 Å². The van der Waals surface area contributed by atoms with Gasteiger partial charge in [-0.2, -0.15) is 0 Å². The molecule has 1 fully saturated rings. The van der Waals surface area contributed by atoms with Crippen molar-refractivity contribution >= 4 is 22.6 Å². The smallest absolute Gasteiger partial charge is 0.287 e. The van der Waals surface area contributed by atoms with Crippen molar-refractivity contribution in [2.75, 3.05) is 19.6 Å². The fraction of sp³-hybridized carbons (Fsp3) is 0.375. The van der Waals surface area contributed by atoms with Crippen molar-refractivity contribution in [2.45, 2.75) is 38.8 Å². The molecule has 1 aliphatic rings.